The number of benzene rings is 1. The van der Waals surface area contributed by atoms with Crippen LogP contribution in [0.3, 0.4) is 0 Å². The summed E-state index contributed by atoms with van der Waals surface area (Å²) in [4.78, 5) is 13.5. The molecule has 4 aliphatic heterocycles. The number of carbonyl (C=O) groups excluding carboxylic acids is 1. The molecule has 0 aromatic heterocycles. The molecule has 1 aromatic carbocycles. The van der Waals surface area contributed by atoms with Crippen LogP contribution in [-0.2, 0) is 14.9 Å². The SMILES string of the molecule is CC=C1C[N+]2(C)CC[C@@]34c5ccccc5N[C@]32CCC1C4(CO)C(=O)OC. The number of esters is 1. The van der Waals surface area contributed by atoms with Gasteiger partial charge in [0.15, 0.2) is 5.66 Å². The molecule has 5 heteroatoms. The van der Waals surface area contributed by atoms with Crippen molar-refractivity contribution in [2.45, 2.75) is 37.3 Å². The van der Waals surface area contributed by atoms with Crippen molar-refractivity contribution in [3.63, 3.8) is 0 Å². The molecule has 0 radical (unpaired) electrons. The third kappa shape index (κ3) is 1.52. The molecule has 5 nitrogen and oxygen atoms in total. The van der Waals surface area contributed by atoms with Crippen LogP contribution in [0.5, 0.6) is 0 Å². The van der Waals surface area contributed by atoms with Gasteiger partial charge in [0, 0.05) is 24.4 Å². The van der Waals surface area contributed by atoms with Crippen molar-refractivity contribution in [1.29, 1.82) is 0 Å². The van der Waals surface area contributed by atoms with Crippen LogP contribution in [-0.4, -0.2) is 55.1 Å². The zero-order valence-electron chi connectivity index (χ0n) is 16.4. The predicted octanol–water partition coefficient (Wildman–Crippen LogP) is 2.42. The molecule has 4 fully saturated rings. The summed E-state index contributed by atoms with van der Waals surface area (Å²) in [6.07, 6.45) is 4.96. The number of aliphatic hydroxyl groups excluding tert-OH is 1. The Hall–Kier alpha value is -1.85. The number of nitrogens with one attached hydrogen (secondary N) is 1. The molecule has 1 aromatic rings. The number of methoxy groups -OCH3 is 1. The van der Waals surface area contributed by atoms with E-state index in [4.69, 9.17) is 4.74 Å². The molecule has 4 bridgehead atoms. The lowest BCUT2D eigenvalue weighted by molar-refractivity contribution is -0.940. The zero-order valence-corrected chi connectivity index (χ0v) is 16.4. The van der Waals surface area contributed by atoms with Gasteiger partial charge in [-0.1, -0.05) is 24.3 Å². The topological polar surface area (TPSA) is 58.6 Å². The quantitative estimate of drug-likeness (QED) is 0.478. The van der Waals surface area contributed by atoms with E-state index in [1.807, 2.05) is 0 Å². The fraction of sp³-hybridized carbons (Fsp3) is 0.591. The summed E-state index contributed by atoms with van der Waals surface area (Å²) >= 11 is 0. The van der Waals surface area contributed by atoms with Gasteiger partial charge in [0.2, 0.25) is 0 Å². The van der Waals surface area contributed by atoms with Crippen LogP contribution in [0.1, 0.15) is 31.7 Å². The van der Waals surface area contributed by atoms with Gasteiger partial charge in [0.25, 0.3) is 0 Å². The lowest BCUT2D eigenvalue weighted by Crippen LogP contribution is -2.73. The predicted molar refractivity (Wildman–Crippen MR) is 103 cm³/mol. The number of likely N-dealkylation sites (N-methyl/N-ethyl adjacent to an activating group) is 1. The van der Waals surface area contributed by atoms with Crippen LogP contribution in [0.2, 0.25) is 0 Å². The normalized spacial score (nSPS) is 45.2. The maximum Gasteiger partial charge on any atom is 0.316 e. The van der Waals surface area contributed by atoms with E-state index in [9.17, 15) is 9.90 Å². The van der Waals surface area contributed by atoms with Crippen molar-refractivity contribution in [3.05, 3.63) is 41.5 Å². The zero-order chi connectivity index (χ0) is 19.1. The molecule has 5 atom stereocenters. The maximum atomic E-state index is 13.5. The number of hydrogen-bond acceptors (Lipinski definition) is 4. The van der Waals surface area contributed by atoms with Gasteiger partial charge in [0.05, 0.1) is 32.7 Å². The van der Waals surface area contributed by atoms with Crippen LogP contribution in [0.25, 0.3) is 0 Å². The Labute approximate surface area is 160 Å². The number of rotatable bonds is 2. The summed E-state index contributed by atoms with van der Waals surface area (Å²) < 4.78 is 6.29. The van der Waals surface area contributed by atoms with Crippen molar-refractivity contribution >= 4 is 11.7 Å². The molecule has 3 unspecified atom stereocenters. The van der Waals surface area contributed by atoms with Crippen LogP contribution in [0, 0.1) is 11.3 Å². The first kappa shape index (κ1) is 17.3. The summed E-state index contributed by atoms with van der Waals surface area (Å²) in [5.74, 6) is -0.242. The van der Waals surface area contributed by atoms with E-state index in [0.717, 1.165) is 42.5 Å². The van der Waals surface area contributed by atoms with Crippen molar-refractivity contribution in [3.8, 4) is 0 Å². The van der Waals surface area contributed by atoms with Gasteiger partial charge >= 0.3 is 5.97 Å². The molecule has 144 valence electrons. The summed E-state index contributed by atoms with van der Waals surface area (Å²) in [6.45, 7) is 3.80. The highest BCUT2D eigenvalue weighted by Gasteiger charge is 2.85. The van der Waals surface area contributed by atoms with Crippen LogP contribution in [0.4, 0.5) is 5.69 Å². The molecule has 4 heterocycles. The Kier molecular flexibility index (Phi) is 3.29. The minimum Gasteiger partial charge on any atom is -0.468 e. The van der Waals surface area contributed by atoms with E-state index < -0.39 is 10.8 Å². The van der Waals surface area contributed by atoms with Crippen molar-refractivity contribution in [2.24, 2.45) is 11.3 Å². The van der Waals surface area contributed by atoms with E-state index in [-0.39, 0.29) is 24.2 Å². The summed E-state index contributed by atoms with van der Waals surface area (Å²) in [6, 6.07) is 8.40. The molecule has 0 amide bonds. The Morgan fingerprint density at radius 2 is 2.19 bits per heavy atom. The summed E-state index contributed by atoms with van der Waals surface area (Å²) in [5, 5.41) is 14.8. The smallest absolute Gasteiger partial charge is 0.316 e. The van der Waals surface area contributed by atoms with Gasteiger partial charge in [-0.15, -0.1) is 0 Å². The molecule has 5 aliphatic rings. The monoisotopic (exact) mass is 369 g/mol. The minimum absolute atomic E-state index is 0.0151. The Balaban J connectivity index is 1.93. The highest BCUT2D eigenvalue weighted by molar-refractivity contribution is 5.85. The highest BCUT2D eigenvalue weighted by atomic mass is 16.5. The fourth-order valence-electron chi connectivity index (χ4n) is 7.66. The Morgan fingerprint density at radius 1 is 1.41 bits per heavy atom. The van der Waals surface area contributed by atoms with Gasteiger partial charge in [-0.3, -0.25) is 9.28 Å². The molecular formula is C22H29N2O3+. The molecule has 1 aliphatic carbocycles. The third-order valence-corrected chi connectivity index (χ3v) is 8.64. The van der Waals surface area contributed by atoms with E-state index in [1.165, 1.54) is 18.2 Å². The Morgan fingerprint density at radius 3 is 2.89 bits per heavy atom. The average Bonchev–Trinajstić information content (AvgIpc) is 3.07. The molecule has 27 heavy (non-hydrogen) atoms. The van der Waals surface area contributed by atoms with Gasteiger partial charge in [-0.05, 0) is 30.5 Å². The standard InChI is InChI=1S/C22H29N2O3/c1-4-15-13-24(2)12-11-21-17-7-5-6-8-18(17)23-22(21,24)10-9-16(15)20(21,14-25)19(26)27-3/h4-8,16,23,25H,9-14H2,1-3H3/q+1/t16?,20?,21-,22-,24?/m0/s1. The summed E-state index contributed by atoms with van der Waals surface area (Å²) in [5.41, 5.74) is 1.91. The van der Waals surface area contributed by atoms with Crippen LogP contribution in [0.15, 0.2) is 35.9 Å². The first-order valence-electron chi connectivity index (χ1n) is 10.0. The van der Waals surface area contributed by atoms with Crippen LogP contribution < -0.4 is 5.32 Å². The second kappa shape index (κ2) is 5.15. The highest BCUT2D eigenvalue weighted by Crippen LogP contribution is 2.74. The van der Waals surface area contributed by atoms with Crippen LogP contribution >= 0.6 is 0 Å². The fourth-order valence-corrected chi connectivity index (χ4v) is 7.66. The number of aliphatic hydroxyl groups is 1. The summed E-state index contributed by atoms with van der Waals surface area (Å²) in [7, 11) is 3.80. The van der Waals surface area contributed by atoms with E-state index in [2.05, 4.69) is 49.6 Å². The number of para-hydroxylation sites is 1. The first-order chi connectivity index (χ1) is 13.0. The van der Waals surface area contributed by atoms with Crippen molar-refractivity contribution in [1.82, 2.24) is 0 Å². The maximum absolute atomic E-state index is 13.5. The molecule has 1 spiro atoms. The molecule has 6 rings (SSSR count). The number of nitrogens with zero attached hydrogens (tertiary/aromatic N) is 1. The van der Waals surface area contributed by atoms with Crippen molar-refractivity contribution < 1.29 is 19.1 Å². The second-order valence-electron chi connectivity index (χ2n) is 9.04. The number of carbonyl (C=O) groups is 1. The molecular weight excluding hydrogens is 340 g/mol. The lowest BCUT2D eigenvalue weighted by atomic mass is 9.46. The molecule has 1 saturated carbocycles. The Bertz CT molecular complexity index is 867. The van der Waals surface area contributed by atoms with Gasteiger partial charge in [0.1, 0.15) is 12.0 Å². The molecule has 3 saturated heterocycles. The number of hydrogen-bond donors (Lipinski definition) is 2. The minimum atomic E-state index is -0.950. The largest absolute Gasteiger partial charge is 0.468 e. The molecule has 2 N–H and O–H groups in total. The van der Waals surface area contributed by atoms with Crippen molar-refractivity contribution in [2.75, 3.05) is 39.2 Å². The number of anilines is 1. The van der Waals surface area contributed by atoms with E-state index in [0.29, 0.717) is 0 Å². The number of fused-ring (bicyclic) bond motifs is 3. The first-order valence-corrected chi connectivity index (χ1v) is 10.0. The second-order valence-corrected chi connectivity index (χ2v) is 9.04. The number of ether oxygens (including phenoxy) is 1. The number of quaternary nitrogens is 1. The lowest BCUT2D eigenvalue weighted by Gasteiger charge is -2.57. The number of allylic oxidation sites excluding steroid dienone is 1. The van der Waals surface area contributed by atoms with Gasteiger partial charge in [-0.25, -0.2) is 0 Å². The third-order valence-electron chi connectivity index (χ3n) is 8.64. The van der Waals surface area contributed by atoms with E-state index >= 15 is 0 Å². The van der Waals surface area contributed by atoms with E-state index in [1.54, 1.807) is 0 Å². The average molecular weight is 369 g/mol. The van der Waals surface area contributed by atoms with Gasteiger partial charge in [-0.2, -0.15) is 0 Å². The van der Waals surface area contributed by atoms with Gasteiger partial charge < -0.3 is 15.2 Å².